The van der Waals surface area contributed by atoms with Crippen LogP contribution in [0.1, 0.15) is 29.6 Å². The maximum absolute atomic E-state index is 12.5. The Labute approximate surface area is 143 Å². The first-order chi connectivity index (χ1) is 11.6. The fraction of sp³-hybridized carbons (Fsp3) is 0.611. The van der Waals surface area contributed by atoms with Gasteiger partial charge in [-0.2, -0.15) is 0 Å². The lowest BCUT2D eigenvalue weighted by molar-refractivity contribution is -0.136. The molecule has 0 spiro atoms. The quantitative estimate of drug-likeness (QED) is 0.894. The molecule has 0 radical (unpaired) electrons. The average Bonchev–Trinajstić information content (AvgIpc) is 3.06. The molecule has 0 saturated carbocycles. The fourth-order valence-corrected chi connectivity index (χ4v) is 3.59. The number of hydrogen-bond acceptors (Lipinski definition) is 4. The third kappa shape index (κ3) is 4.12. The number of aromatic nitrogens is 1. The van der Waals surface area contributed by atoms with Crippen molar-refractivity contribution in [3.63, 3.8) is 0 Å². The molecular weight excluding hydrogens is 304 g/mol. The van der Waals surface area contributed by atoms with Crippen LogP contribution in [0.15, 0.2) is 24.5 Å². The Morgan fingerprint density at radius 3 is 2.67 bits per heavy atom. The first-order valence-corrected chi connectivity index (χ1v) is 8.79. The van der Waals surface area contributed by atoms with Gasteiger partial charge in [-0.05, 0) is 50.9 Å². The number of amides is 2. The smallest absolute Gasteiger partial charge is 0.252 e. The van der Waals surface area contributed by atoms with Crippen molar-refractivity contribution in [2.45, 2.75) is 19.3 Å². The van der Waals surface area contributed by atoms with E-state index in [9.17, 15) is 9.59 Å². The normalized spacial score (nSPS) is 22.5. The summed E-state index contributed by atoms with van der Waals surface area (Å²) in [6.45, 7) is 4.20. The molecule has 1 atom stereocenters. The molecule has 2 fully saturated rings. The zero-order valence-corrected chi connectivity index (χ0v) is 14.3. The van der Waals surface area contributed by atoms with E-state index in [0.29, 0.717) is 23.9 Å². The van der Waals surface area contributed by atoms with Gasteiger partial charge in [-0.3, -0.25) is 14.6 Å². The van der Waals surface area contributed by atoms with Gasteiger partial charge in [-0.15, -0.1) is 0 Å². The van der Waals surface area contributed by atoms with Crippen LogP contribution in [0, 0.1) is 11.8 Å². The number of carbonyl (C=O) groups is 2. The maximum atomic E-state index is 12.5. The highest BCUT2D eigenvalue weighted by Gasteiger charge is 2.31. The van der Waals surface area contributed by atoms with E-state index in [-0.39, 0.29) is 11.8 Å². The van der Waals surface area contributed by atoms with Crippen molar-refractivity contribution < 1.29 is 9.59 Å². The van der Waals surface area contributed by atoms with Crippen molar-refractivity contribution in [1.82, 2.24) is 20.1 Å². The van der Waals surface area contributed by atoms with Crippen LogP contribution in [0.3, 0.4) is 0 Å². The van der Waals surface area contributed by atoms with Crippen molar-refractivity contribution >= 4 is 11.8 Å². The van der Waals surface area contributed by atoms with Crippen LogP contribution in [0.4, 0.5) is 0 Å². The summed E-state index contributed by atoms with van der Waals surface area (Å²) in [6, 6.07) is 3.53. The Balaban J connectivity index is 1.41. The molecule has 1 aromatic rings. The van der Waals surface area contributed by atoms with E-state index >= 15 is 0 Å². The van der Waals surface area contributed by atoms with Gasteiger partial charge in [0.05, 0.1) is 11.5 Å². The molecule has 2 saturated heterocycles. The largest absolute Gasteiger partial charge is 0.352 e. The van der Waals surface area contributed by atoms with Gasteiger partial charge in [0.2, 0.25) is 5.91 Å². The summed E-state index contributed by atoms with van der Waals surface area (Å²) in [5.74, 6) is 0.866. The molecule has 2 aliphatic rings. The minimum absolute atomic E-state index is 0.0735. The average molecular weight is 330 g/mol. The molecule has 1 unspecified atom stereocenters. The molecule has 6 nitrogen and oxygen atoms in total. The summed E-state index contributed by atoms with van der Waals surface area (Å²) < 4.78 is 0. The van der Waals surface area contributed by atoms with E-state index in [1.807, 2.05) is 4.90 Å². The van der Waals surface area contributed by atoms with Crippen molar-refractivity contribution in [3.8, 4) is 0 Å². The first kappa shape index (κ1) is 16.9. The fourth-order valence-electron chi connectivity index (χ4n) is 3.59. The van der Waals surface area contributed by atoms with Gasteiger partial charge >= 0.3 is 0 Å². The molecule has 1 N–H and O–H groups in total. The lowest BCUT2D eigenvalue weighted by Gasteiger charge is -2.33. The molecule has 130 valence electrons. The number of likely N-dealkylation sites (tertiary alicyclic amines) is 2. The van der Waals surface area contributed by atoms with E-state index in [1.54, 1.807) is 24.5 Å². The van der Waals surface area contributed by atoms with Crippen LogP contribution >= 0.6 is 0 Å². The summed E-state index contributed by atoms with van der Waals surface area (Å²) in [4.78, 5) is 32.8. The molecule has 0 aromatic carbocycles. The van der Waals surface area contributed by atoms with Gasteiger partial charge in [0, 0.05) is 38.6 Å². The zero-order chi connectivity index (χ0) is 16.9. The lowest BCUT2D eigenvalue weighted by Crippen LogP contribution is -2.44. The van der Waals surface area contributed by atoms with E-state index in [0.717, 1.165) is 45.4 Å². The van der Waals surface area contributed by atoms with E-state index < -0.39 is 0 Å². The van der Waals surface area contributed by atoms with E-state index in [4.69, 9.17) is 0 Å². The van der Waals surface area contributed by atoms with Crippen LogP contribution in [0.2, 0.25) is 0 Å². The summed E-state index contributed by atoms with van der Waals surface area (Å²) in [6.07, 6.45) is 6.14. The Hall–Kier alpha value is -1.95. The van der Waals surface area contributed by atoms with Crippen LogP contribution < -0.4 is 5.32 Å². The first-order valence-electron chi connectivity index (χ1n) is 8.79. The predicted molar refractivity (Wildman–Crippen MR) is 91.5 cm³/mol. The Kier molecular flexibility index (Phi) is 5.45. The van der Waals surface area contributed by atoms with Crippen LogP contribution in [0.5, 0.6) is 0 Å². The minimum Gasteiger partial charge on any atom is -0.352 e. The molecule has 24 heavy (non-hydrogen) atoms. The highest BCUT2D eigenvalue weighted by Crippen LogP contribution is 2.22. The van der Waals surface area contributed by atoms with E-state index in [1.165, 1.54) is 0 Å². The molecule has 0 bridgehead atoms. The maximum Gasteiger partial charge on any atom is 0.252 e. The number of carbonyl (C=O) groups excluding carboxylic acids is 2. The van der Waals surface area contributed by atoms with Crippen molar-refractivity contribution in [1.29, 1.82) is 0 Å². The highest BCUT2D eigenvalue weighted by atomic mass is 16.2. The number of pyridine rings is 1. The monoisotopic (exact) mass is 330 g/mol. The third-order valence-electron chi connectivity index (χ3n) is 5.14. The zero-order valence-electron chi connectivity index (χ0n) is 14.3. The SMILES string of the molecule is CN1CCC(C(=O)N2CCC(CNC(=O)c3cccnc3)CC2)C1. The molecule has 6 heteroatoms. The molecule has 1 aromatic heterocycles. The Morgan fingerprint density at radius 1 is 1.25 bits per heavy atom. The number of hydrogen-bond donors (Lipinski definition) is 1. The number of nitrogens with one attached hydrogen (secondary N) is 1. The van der Waals surface area contributed by atoms with Crippen LogP contribution in [-0.2, 0) is 4.79 Å². The summed E-state index contributed by atoms with van der Waals surface area (Å²) in [5, 5.41) is 2.98. The summed E-state index contributed by atoms with van der Waals surface area (Å²) in [5.41, 5.74) is 0.593. The van der Waals surface area contributed by atoms with Gasteiger partial charge in [0.15, 0.2) is 0 Å². The van der Waals surface area contributed by atoms with Gasteiger partial charge in [0.1, 0.15) is 0 Å². The van der Waals surface area contributed by atoms with Crippen molar-refractivity contribution in [2.24, 2.45) is 11.8 Å². The van der Waals surface area contributed by atoms with Crippen LogP contribution in [0.25, 0.3) is 0 Å². The molecule has 0 aliphatic carbocycles. The predicted octanol–water partition coefficient (Wildman–Crippen LogP) is 1.00. The van der Waals surface area contributed by atoms with Crippen molar-refractivity contribution in [3.05, 3.63) is 30.1 Å². The van der Waals surface area contributed by atoms with Gasteiger partial charge < -0.3 is 15.1 Å². The lowest BCUT2D eigenvalue weighted by atomic mass is 9.95. The summed E-state index contributed by atoms with van der Waals surface area (Å²) >= 11 is 0. The number of piperidine rings is 1. The standard InChI is InChI=1S/C18H26N4O2/c1-21-8-6-16(13-21)18(24)22-9-4-14(5-10-22)11-20-17(23)15-3-2-7-19-12-15/h2-3,7,12,14,16H,4-6,8-11,13H2,1H3,(H,20,23). The molecule has 3 heterocycles. The van der Waals surface area contributed by atoms with Gasteiger partial charge in [0.25, 0.3) is 5.91 Å². The highest BCUT2D eigenvalue weighted by molar-refractivity contribution is 5.93. The second-order valence-electron chi connectivity index (χ2n) is 6.97. The molecule has 3 rings (SSSR count). The molecular formula is C18H26N4O2. The molecule has 2 amide bonds. The van der Waals surface area contributed by atoms with Gasteiger partial charge in [-0.1, -0.05) is 0 Å². The topological polar surface area (TPSA) is 65.5 Å². The van der Waals surface area contributed by atoms with Crippen LogP contribution in [-0.4, -0.2) is 66.4 Å². The van der Waals surface area contributed by atoms with Crippen molar-refractivity contribution in [2.75, 3.05) is 39.8 Å². The minimum atomic E-state index is -0.0735. The number of rotatable bonds is 4. The Morgan fingerprint density at radius 2 is 2.04 bits per heavy atom. The second-order valence-corrected chi connectivity index (χ2v) is 6.97. The Bertz CT molecular complexity index is 570. The van der Waals surface area contributed by atoms with E-state index in [2.05, 4.69) is 22.2 Å². The molecule has 2 aliphatic heterocycles. The summed E-state index contributed by atoms with van der Waals surface area (Å²) in [7, 11) is 2.07. The second kappa shape index (κ2) is 7.75. The number of nitrogens with zero attached hydrogens (tertiary/aromatic N) is 3. The van der Waals surface area contributed by atoms with Gasteiger partial charge in [-0.25, -0.2) is 0 Å². The third-order valence-corrected chi connectivity index (χ3v) is 5.14.